The fourth-order valence-electron chi connectivity index (χ4n) is 2.41. The van der Waals surface area contributed by atoms with Gasteiger partial charge >= 0.3 is 0 Å². The molecule has 2 rings (SSSR count). The van der Waals surface area contributed by atoms with Gasteiger partial charge in [-0.1, -0.05) is 92.5 Å². The Bertz CT molecular complexity index is 535. The smallest absolute Gasteiger partial charge is 0.108 e. The van der Waals surface area contributed by atoms with Crippen LogP contribution in [-0.2, 0) is 5.41 Å². The molecule has 0 aliphatic carbocycles. The van der Waals surface area contributed by atoms with Gasteiger partial charge in [0.1, 0.15) is 5.41 Å². The summed E-state index contributed by atoms with van der Waals surface area (Å²) in [6.07, 6.45) is 0.725. The van der Waals surface area contributed by atoms with Gasteiger partial charge < -0.3 is 0 Å². The highest BCUT2D eigenvalue weighted by atomic mass is 79.9. The highest BCUT2D eigenvalue weighted by molar-refractivity contribution is 9.12. The largest absolute Gasteiger partial charge is 0.197 e. The van der Waals surface area contributed by atoms with Crippen molar-refractivity contribution in [3.8, 4) is 6.07 Å². The fraction of sp³-hybridized carbons (Fsp3) is 0.235. The van der Waals surface area contributed by atoms with E-state index in [1.807, 2.05) is 60.7 Å². The number of rotatable bonds is 5. The molecular formula is C17H15Br2N. The maximum Gasteiger partial charge on any atom is 0.108 e. The summed E-state index contributed by atoms with van der Waals surface area (Å²) in [6.45, 7) is 0. The third-order valence-corrected chi connectivity index (χ3v) is 5.72. The summed E-state index contributed by atoms with van der Waals surface area (Å²) in [5.41, 5.74) is 1.46. The summed E-state index contributed by atoms with van der Waals surface area (Å²) in [4.78, 5) is 0.238. The van der Waals surface area contributed by atoms with E-state index >= 15 is 0 Å². The minimum absolute atomic E-state index is 0.238. The summed E-state index contributed by atoms with van der Waals surface area (Å²) in [6, 6.07) is 22.6. The van der Waals surface area contributed by atoms with Gasteiger partial charge in [0.05, 0.1) is 6.07 Å². The Morgan fingerprint density at radius 2 is 1.40 bits per heavy atom. The van der Waals surface area contributed by atoms with Gasteiger partial charge in [-0.15, -0.1) is 0 Å². The van der Waals surface area contributed by atoms with E-state index in [4.69, 9.17) is 0 Å². The van der Waals surface area contributed by atoms with Crippen LogP contribution < -0.4 is 0 Å². The predicted octanol–water partition coefficient (Wildman–Crippen LogP) is 5.04. The molecule has 0 fully saturated rings. The summed E-state index contributed by atoms with van der Waals surface area (Å²) in [5, 5.41) is 10.8. The van der Waals surface area contributed by atoms with Crippen molar-refractivity contribution in [2.24, 2.45) is 0 Å². The number of hydrogen-bond acceptors (Lipinski definition) is 1. The van der Waals surface area contributed by atoms with Crippen LogP contribution in [-0.4, -0.2) is 10.2 Å². The molecule has 0 amide bonds. The van der Waals surface area contributed by atoms with Crippen LogP contribution in [0.3, 0.4) is 0 Å². The molecule has 0 spiro atoms. The highest BCUT2D eigenvalue weighted by Gasteiger charge is 2.36. The molecule has 20 heavy (non-hydrogen) atoms. The average Bonchev–Trinajstić information content (AvgIpc) is 2.54. The first-order valence-corrected chi connectivity index (χ1v) is 8.49. The summed E-state index contributed by atoms with van der Waals surface area (Å²) >= 11 is 7.14. The van der Waals surface area contributed by atoms with E-state index in [0.29, 0.717) is 0 Å². The second-order valence-corrected chi connectivity index (χ2v) is 6.65. The summed E-state index contributed by atoms with van der Waals surface area (Å²) in [7, 11) is 0. The van der Waals surface area contributed by atoms with Crippen LogP contribution in [0, 0.1) is 11.3 Å². The molecule has 0 heterocycles. The predicted molar refractivity (Wildman–Crippen MR) is 90.4 cm³/mol. The van der Waals surface area contributed by atoms with Crippen molar-refractivity contribution in [2.75, 3.05) is 5.33 Å². The number of nitrogens with zero attached hydrogens (tertiary/aromatic N) is 1. The van der Waals surface area contributed by atoms with E-state index in [1.165, 1.54) is 0 Å². The third-order valence-electron chi connectivity index (χ3n) is 3.42. The van der Waals surface area contributed by atoms with Crippen molar-refractivity contribution in [2.45, 2.75) is 16.7 Å². The van der Waals surface area contributed by atoms with Crippen LogP contribution in [0.25, 0.3) is 0 Å². The normalized spacial score (nSPS) is 12.7. The zero-order chi connectivity index (χ0) is 14.4. The molecule has 1 unspecified atom stereocenters. The zero-order valence-electron chi connectivity index (χ0n) is 11.0. The lowest BCUT2D eigenvalue weighted by Crippen LogP contribution is -2.29. The Hall–Kier alpha value is -1.11. The van der Waals surface area contributed by atoms with Crippen LogP contribution in [0.1, 0.15) is 17.5 Å². The van der Waals surface area contributed by atoms with E-state index in [0.717, 1.165) is 22.9 Å². The number of alkyl halides is 2. The number of benzene rings is 2. The molecule has 3 heteroatoms. The SMILES string of the molecule is N#CC(CC(Br)CBr)(c1ccccc1)c1ccccc1. The Morgan fingerprint density at radius 1 is 0.950 bits per heavy atom. The second-order valence-electron chi connectivity index (χ2n) is 4.70. The topological polar surface area (TPSA) is 23.8 Å². The van der Waals surface area contributed by atoms with Crippen molar-refractivity contribution >= 4 is 31.9 Å². The maximum absolute atomic E-state index is 9.94. The van der Waals surface area contributed by atoms with Crippen LogP contribution in [0.5, 0.6) is 0 Å². The van der Waals surface area contributed by atoms with Gasteiger partial charge in [-0.2, -0.15) is 5.26 Å². The van der Waals surface area contributed by atoms with Crippen molar-refractivity contribution < 1.29 is 0 Å². The number of halogens is 2. The molecule has 0 aromatic heterocycles. The Kier molecular flexibility index (Phi) is 5.39. The quantitative estimate of drug-likeness (QED) is 0.653. The molecular weight excluding hydrogens is 378 g/mol. The average molecular weight is 393 g/mol. The highest BCUT2D eigenvalue weighted by Crippen LogP contribution is 2.38. The van der Waals surface area contributed by atoms with E-state index in [9.17, 15) is 5.26 Å². The summed E-state index contributed by atoms with van der Waals surface area (Å²) in [5.74, 6) is 0. The minimum atomic E-state index is -0.621. The lowest BCUT2D eigenvalue weighted by atomic mass is 9.72. The molecule has 1 atom stereocenters. The second kappa shape index (κ2) is 7.06. The molecule has 0 radical (unpaired) electrons. The van der Waals surface area contributed by atoms with Crippen molar-refractivity contribution in [1.82, 2.24) is 0 Å². The molecule has 0 saturated heterocycles. The van der Waals surface area contributed by atoms with Gasteiger partial charge in [0.25, 0.3) is 0 Å². The molecule has 0 N–H and O–H groups in total. The van der Waals surface area contributed by atoms with Crippen LogP contribution in [0.2, 0.25) is 0 Å². The van der Waals surface area contributed by atoms with E-state index in [2.05, 4.69) is 37.9 Å². The van der Waals surface area contributed by atoms with Gasteiger partial charge in [0.2, 0.25) is 0 Å². The third kappa shape index (κ3) is 3.13. The molecule has 0 bridgehead atoms. The molecule has 1 nitrogen and oxygen atoms in total. The lowest BCUT2D eigenvalue weighted by molar-refractivity contribution is 0.599. The van der Waals surface area contributed by atoms with Crippen LogP contribution in [0.4, 0.5) is 0 Å². The Labute approximate surface area is 136 Å². The van der Waals surface area contributed by atoms with Crippen molar-refractivity contribution in [3.63, 3.8) is 0 Å². The summed E-state index contributed by atoms with van der Waals surface area (Å²) < 4.78 is 0. The van der Waals surface area contributed by atoms with E-state index in [1.54, 1.807) is 0 Å². The number of hydrogen-bond donors (Lipinski definition) is 0. The first-order chi connectivity index (χ1) is 9.73. The van der Waals surface area contributed by atoms with Crippen molar-refractivity contribution in [3.05, 3.63) is 71.8 Å². The molecule has 0 aliphatic heterocycles. The monoisotopic (exact) mass is 391 g/mol. The molecule has 102 valence electrons. The Morgan fingerprint density at radius 3 is 1.75 bits per heavy atom. The van der Waals surface area contributed by atoms with E-state index < -0.39 is 5.41 Å². The lowest BCUT2D eigenvalue weighted by Gasteiger charge is -2.29. The molecule has 0 saturated carbocycles. The first kappa shape index (κ1) is 15.3. The zero-order valence-corrected chi connectivity index (χ0v) is 14.1. The standard InChI is InChI=1S/C17H15Br2N/c18-12-16(19)11-17(13-20,14-7-3-1-4-8-14)15-9-5-2-6-10-15/h1-10,16H,11-12H2. The van der Waals surface area contributed by atoms with Crippen LogP contribution in [0.15, 0.2) is 60.7 Å². The maximum atomic E-state index is 9.94. The molecule has 2 aromatic rings. The van der Waals surface area contributed by atoms with Gasteiger partial charge in [-0.05, 0) is 17.5 Å². The van der Waals surface area contributed by atoms with Gasteiger partial charge in [-0.25, -0.2) is 0 Å². The van der Waals surface area contributed by atoms with Crippen LogP contribution >= 0.6 is 31.9 Å². The number of nitriles is 1. The Balaban J connectivity index is 2.56. The fourth-order valence-corrected chi connectivity index (χ4v) is 3.12. The molecule has 2 aromatic carbocycles. The van der Waals surface area contributed by atoms with E-state index in [-0.39, 0.29) is 4.83 Å². The van der Waals surface area contributed by atoms with Gasteiger partial charge in [0, 0.05) is 10.2 Å². The van der Waals surface area contributed by atoms with Gasteiger partial charge in [-0.3, -0.25) is 0 Å². The van der Waals surface area contributed by atoms with Gasteiger partial charge in [0.15, 0.2) is 0 Å². The molecule has 0 aliphatic rings. The minimum Gasteiger partial charge on any atom is -0.197 e. The van der Waals surface area contributed by atoms with Crippen molar-refractivity contribution in [1.29, 1.82) is 5.26 Å². The first-order valence-electron chi connectivity index (χ1n) is 6.45.